The summed E-state index contributed by atoms with van der Waals surface area (Å²) in [5.74, 6) is -1.60. The summed E-state index contributed by atoms with van der Waals surface area (Å²) in [6, 6.07) is 1.24. The largest absolute Gasteiger partial charge is 0.477 e. The SMILES string of the molecule is Cc1cc(C(=O)O)c(=O)n2c1C(=O)NCC2. The standard InChI is InChI=1S/C10H10N2O4/c1-5-4-6(10(15)16)9(14)12-3-2-11-8(13)7(5)12/h4H,2-3H2,1H3,(H,11,13)(H,15,16). The van der Waals surface area contributed by atoms with Gasteiger partial charge < -0.3 is 15.0 Å². The molecule has 1 aliphatic rings. The molecule has 0 unspecified atom stereocenters. The van der Waals surface area contributed by atoms with Crippen LogP contribution < -0.4 is 10.9 Å². The first-order valence-corrected chi connectivity index (χ1v) is 4.78. The predicted molar refractivity (Wildman–Crippen MR) is 54.7 cm³/mol. The van der Waals surface area contributed by atoms with Gasteiger partial charge in [-0.05, 0) is 18.6 Å². The highest BCUT2D eigenvalue weighted by Gasteiger charge is 2.23. The number of aromatic carboxylic acids is 1. The molecule has 0 saturated carbocycles. The molecule has 6 nitrogen and oxygen atoms in total. The Morgan fingerprint density at radius 1 is 1.50 bits per heavy atom. The average Bonchev–Trinajstić information content (AvgIpc) is 2.22. The maximum atomic E-state index is 11.8. The fraction of sp³-hybridized carbons (Fsp3) is 0.300. The summed E-state index contributed by atoms with van der Waals surface area (Å²) in [6.45, 7) is 2.26. The minimum absolute atomic E-state index is 0.251. The monoisotopic (exact) mass is 222 g/mol. The van der Waals surface area contributed by atoms with Crippen LogP contribution in [0.15, 0.2) is 10.9 Å². The van der Waals surface area contributed by atoms with E-state index >= 15 is 0 Å². The Balaban J connectivity index is 2.78. The van der Waals surface area contributed by atoms with E-state index in [1.807, 2.05) is 0 Å². The number of nitrogens with zero attached hydrogens (tertiary/aromatic N) is 1. The Hall–Kier alpha value is -2.11. The van der Waals surface area contributed by atoms with Gasteiger partial charge in [-0.15, -0.1) is 0 Å². The third-order valence-corrected chi connectivity index (χ3v) is 2.55. The highest BCUT2D eigenvalue weighted by atomic mass is 16.4. The lowest BCUT2D eigenvalue weighted by Gasteiger charge is -2.20. The van der Waals surface area contributed by atoms with E-state index in [1.54, 1.807) is 6.92 Å². The van der Waals surface area contributed by atoms with Crippen molar-refractivity contribution in [2.75, 3.05) is 6.54 Å². The fourth-order valence-electron chi connectivity index (χ4n) is 1.84. The van der Waals surface area contributed by atoms with Gasteiger partial charge in [0.15, 0.2) is 0 Å². The maximum Gasteiger partial charge on any atom is 0.341 e. The van der Waals surface area contributed by atoms with E-state index in [0.717, 1.165) is 0 Å². The molecule has 2 heterocycles. The van der Waals surface area contributed by atoms with Crippen LogP contribution in [0.3, 0.4) is 0 Å². The highest BCUT2D eigenvalue weighted by Crippen LogP contribution is 2.10. The molecule has 0 fully saturated rings. The third kappa shape index (κ3) is 1.39. The molecule has 1 aliphatic heterocycles. The van der Waals surface area contributed by atoms with Crippen LogP contribution in [0.2, 0.25) is 0 Å². The molecule has 84 valence electrons. The normalized spacial score (nSPS) is 14.2. The highest BCUT2D eigenvalue weighted by molar-refractivity contribution is 5.96. The van der Waals surface area contributed by atoms with Gasteiger partial charge in [0.05, 0.1) is 0 Å². The number of hydrogen-bond donors (Lipinski definition) is 2. The second-order valence-electron chi connectivity index (χ2n) is 3.61. The van der Waals surface area contributed by atoms with E-state index in [4.69, 9.17) is 5.11 Å². The zero-order valence-corrected chi connectivity index (χ0v) is 8.61. The van der Waals surface area contributed by atoms with Crippen LogP contribution in [0.5, 0.6) is 0 Å². The van der Waals surface area contributed by atoms with E-state index in [9.17, 15) is 14.4 Å². The molecule has 0 atom stereocenters. The molecule has 6 heteroatoms. The fourth-order valence-corrected chi connectivity index (χ4v) is 1.84. The molecule has 1 aromatic heterocycles. The summed E-state index contributed by atoms with van der Waals surface area (Å²) in [5.41, 5.74) is -0.172. The first-order valence-electron chi connectivity index (χ1n) is 4.78. The summed E-state index contributed by atoms with van der Waals surface area (Å²) in [6.07, 6.45) is 0. The van der Waals surface area contributed by atoms with Crippen molar-refractivity contribution < 1.29 is 14.7 Å². The summed E-state index contributed by atoms with van der Waals surface area (Å²) in [4.78, 5) is 34.1. The molecule has 0 saturated heterocycles. The number of carboxylic acid groups (broad SMARTS) is 1. The number of aryl methyl sites for hydroxylation is 1. The molecule has 16 heavy (non-hydrogen) atoms. The maximum absolute atomic E-state index is 11.8. The van der Waals surface area contributed by atoms with Crippen LogP contribution in [-0.2, 0) is 6.54 Å². The number of carbonyl (C=O) groups is 2. The molecule has 1 aromatic rings. The summed E-state index contributed by atoms with van der Waals surface area (Å²) in [5, 5.41) is 11.5. The average molecular weight is 222 g/mol. The number of aromatic nitrogens is 1. The Morgan fingerprint density at radius 3 is 2.81 bits per heavy atom. The summed E-state index contributed by atoms with van der Waals surface area (Å²) >= 11 is 0. The van der Waals surface area contributed by atoms with Crippen molar-refractivity contribution in [1.29, 1.82) is 0 Å². The van der Waals surface area contributed by atoms with Gasteiger partial charge >= 0.3 is 5.97 Å². The Morgan fingerprint density at radius 2 is 2.19 bits per heavy atom. The smallest absolute Gasteiger partial charge is 0.341 e. The first kappa shape index (κ1) is 10.4. The van der Waals surface area contributed by atoms with Crippen molar-refractivity contribution in [2.45, 2.75) is 13.5 Å². The lowest BCUT2D eigenvalue weighted by Crippen LogP contribution is -2.43. The van der Waals surface area contributed by atoms with Crippen molar-refractivity contribution >= 4 is 11.9 Å². The molecule has 2 N–H and O–H groups in total. The zero-order chi connectivity index (χ0) is 11.9. The molecule has 0 aromatic carbocycles. The second kappa shape index (κ2) is 3.48. The number of fused-ring (bicyclic) bond motifs is 1. The van der Waals surface area contributed by atoms with Crippen molar-refractivity contribution in [1.82, 2.24) is 9.88 Å². The van der Waals surface area contributed by atoms with Gasteiger partial charge in [0, 0.05) is 13.1 Å². The number of nitrogens with one attached hydrogen (secondary N) is 1. The molecule has 0 bridgehead atoms. The number of amides is 1. The molecule has 1 amide bonds. The quantitative estimate of drug-likeness (QED) is 0.676. The van der Waals surface area contributed by atoms with Gasteiger partial charge in [0.2, 0.25) is 0 Å². The van der Waals surface area contributed by atoms with E-state index in [2.05, 4.69) is 5.32 Å². The van der Waals surface area contributed by atoms with E-state index in [1.165, 1.54) is 10.6 Å². The van der Waals surface area contributed by atoms with E-state index in [0.29, 0.717) is 18.7 Å². The van der Waals surface area contributed by atoms with Crippen molar-refractivity contribution in [3.8, 4) is 0 Å². The van der Waals surface area contributed by atoms with Crippen LogP contribution in [0.25, 0.3) is 0 Å². The third-order valence-electron chi connectivity index (χ3n) is 2.55. The number of hydrogen-bond acceptors (Lipinski definition) is 3. The number of rotatable bonds is 1. The van der Waals surface area contributed by atoms with Gasteiger partial charge in [-0.2, -0.15) is 0 Å². The molecular formula is C10H10N2O4. The van der Waals surface area contributed by atoms with Crippen LogP contribution in [0.4, 0.5) is 0 Å². The topological polar surface area (TPSA) is 88.4 Å². The molecule has 0 aliphatic carbocycles. The minimum Gasteiger partial charge on any atom is -0.477 e. The minimum atomic E-state index is -1.27. The van der Waals surface area contributed by atoms with Crippen LogP contribution in [-0.4, -0.2) is 28.1 Å². The van der Waals surface area contributed by atoms with Crippen LogP contribution >= 0.6 is 0 Å². The van der Waals surface area contributed by atoms with Crippen LogP contribution in [0.1, 0.15) is 26.4 Å². The van der Waals surface area contributed by atoms with Gasteiger partial charge in [-0.3, -0.25) is 9.59 Å². The first-order chi connectivity index (χ1) is 7.52. The Labute approximate surface area is 90.5 Å². The molecular weight excluding hydrogens is 212 g/mol. The Kier molecular flexibility index (Phi) is 2.26. The van der Waals surface area contributed by atoms with Crippen molar-refractivity contribution in [2.24, 2.45) is 0 Å². The number of carboxylic acids is 1. The zero-order valence-electron chi connectivity index (χ0n) is 8.61. The number of pyridine rings is 1. The second-order valence-corrected chi connectivity index (χ2v) is 3.61. The summed E-state index contributed by atoms with van der Waals surface area (Å²) < 4.78 is 1.22. The Bertz CT molecular complexity index is 544. The lowest BCUT2D eigenvalue weighted by atomic mass is 10.1. The molecule has 0 radical (unpaired) electrons. The van der Waals surface area contributed by atoms with Gasteiger partial charge in [-0.25, -0.2) is 4.79 Å². The van der Waals surface area contributed by atoms with Gasteiger partial charge in [-0.1, -0.05) is 0 Å². The lowest BCUT2D eigenvalue weighted by molar-refractivity contribution is 0.0692. The van der Waals surface area contributed by atoms with Gasteiger partial charge in [0.1, 0.15) is 11.3 Å². The molecule has 2 rings (SSSR count). The van der Waals surface area contributed by atoms with Crippen LogP contribution in [0, 0.1) is 6.92 Å². The van der Waals surface area contributed by atoms with Crippen molar-refractivity contribution in [3.05, 3.63) is 33.2 Å². The van der Waals surface area contributed by atoms with Crippen molar-refractivity contribution in [3.63, 3.8) is 0 Å². The molecule has 0 spiro atoms. The van der Waals surface area contributed by atoms with E-state index in [-0.39, 0.29) is 17.2 Å². The summed E-state index contributed by atoms with van der Waals surface area (Å²) in [7, 11) is 0. The van der Waals surface area contributed by atoms with E-state index < -0.39 is 11.5 Å². The number of carbonyl (C=O) groups excluding carboxylic acids is 1. The van der Waals surface area contributed by atoms with Gasteiger partial charge in [0.25, 0.3) is 11.5 Å². The predicted octanol–water partition coefficient (Wildman–Crippen LogP) is -0.402.